The summed E-state index contributed by atoms with van der Waals surface area (Å²) in [5.41, 5.74) is 0.597. The van der Waals surface area contributed by atoms with Gasteiger partial charge in [0.2, 0.25) is 0 Å². The van der Waals surface area contributed by atoms with E-state index in [1.54, 1.807) is 24.6 Å². The molecule has 0 radical (unpaired) electrons. The van der Waals surface area contributed by atoms with Crippen LogP contribution < -0.4 is 10.9 Å². The normalized spacial score (nSPS) is 12.4. The lowest BCUT2D eigenvalue weighted by Gasteiger charge is -2.17. The molecule has 4 nitrogen and oxygen atoms in total. The van der Waals surface area contributed by atoms with Gasteiger partial charge in [0.15, 0.2) is 0 Å². The largest absolute Gasteiger partial charge is 0.375 e. The zero-order valence-electron chi connectivity index (χ0n) is 10.2. The minimum atomic E-state index is -0.138. The third-order valence-electron chi connectivity index (χ3n) is 2.70. The molecule has 2 rings (SSSR count). The molecule has 0 spiro atoms. The fourth-order valence-corrected chi connectivity index (χ4v) is 3.00. The van der Waals surface area contributed by atoms with Crippen molar-refractivity contribution < 1.29 is 0 Å². The summed E-state index contributed by atoms with van der Waals surface area (Å²) in [6, 6.07) is 4.32. The Morgan fingerprint density at radius 3 is 3.00 bits per heavy atom. The number of aromatic nitrogens is 2. The third kappa shape index (κ3) is 2.64. The third-order valence-corrected chi connectivity index (χ3v) is 4.46. The number of aryl methyl sites for hydroxylation is 1. The molecule has 0 saturated heterocycles. The first kappa shape index (κ1) is 13.3. The van der Waals surface area contributed by atoms with Crippen LogP contribution in [0.25, 0.3) is 0 Å². The number of thiophene rings is 1. The van der Waals surface area contributed by atoms with Gasteiger partial charge in [0.1, 0.15) is 4.47 Å². The molecule has 1 atom stereocenters. The van der Waals surface area contributed by atoms with Crippen LogP contribution in [-0.4, -0.2) is 9.78 Å². The molecule has 0 aliphatic heterocycles. The molecule has 1 N–H and O–H groups in total. The van der Waals surface area contributed by atoms with Crippen molar-refractivity contribution in [2.75, 3.05) is 5.32 Å². The van der Waals surface area contributed by atoms with Crippen LogP contribution in [0.15, 0.2) is 33.0 Å². The van der Waals surface area contributed by atoms with Gasteiger partial charge in [-0.1, -0.05) is 13.0 Å². The Balaban J connectivity index is 2.28. The number of halogens is 1. The highest BCUT2D eigenvalue weighted by Crippen LogP contribution is 2.28. The minimum absolute atomic E-state index is 0.138. The van der Waals surface area contributed by atoms with E-state index in [0.29, 0.717) is 4.47 Å². The predicted molar refractivity (Wildman–Crippen MR) is 78.2 cm³/mol. The fraction of sp³-hybridized carbons (Fsp3) is 0.333. The van der Waals surface area contributed by atoms with Gasteiger partial charge in [-0.15, -0.1) is 11.3 Å². The van der Waals surface area contributed by atoms with Crippen LogP contribution >= 0.6 is 27.3 Å². The van der Waals surface area contributed by atoms with Gasteiger partial charge < -0.3 is 5.32 Å². The van der Waals surface area contributed by atoms with Crippen LogP contribution in [0.4, 0.5) is 5.69 Å². The van der Waals surface area contributed by atoms with Crippen LogP contribution in [0.5, 0.6) is 0 Å². The summed E-state index contributed by atoms with van der Waals surface area (Å²) >= 11 is 5.03. The summed E-state index contributed by atoms with van der Waals surface area (Å²) in [7, 11) is 1.63. The maximum Gasteiger partial charge on any atom is 0.282 e. The molecule has 0 fully saturated rings. The van der Waals surface area contributed by atoms with Crippen molar-refractivity contribution in [3.05, 3.63) is 43.4 Å². The second-order valence-electron chi connectivity index (χ2n) is 3.92. The van der Waals surface area contributed by atoms with E-state index in [1.165, 1.54) is 9.56 Å². The number of anilines is 1. The topological polar surface area (TPSA) is 46.9 Å². The van der Waals surface area contributed by atoms with E-state index >= 15 is 0 Å². The van der Waals surface area contributed by atoms with E-state index in [2.05, 4.69) is 44.7 Å². The van der Waals surface area contributed by atoms with Gasteiger partial charge >= 0.3 is 0 Å². The Labute approximate surface area is 118 Å². The molecule has 96 valence electrons. The van der Waals surface area contributed by atoms with Gasteiger partial charge in [-0.3, -0.25) is 4.79 Å². The van der Waals surface area contributed by atoms with Crippen molar-refractivity contribution in [3.63, 3.8) is 0 Å². The minimum Gasteiger partial charge on any atom is -0.375 e. The highest BCUT2D eigenvalue weighted by molar-refractivity contribution is 9.10. The highest BCUT2D eigenvalue weighted by atomic mass is 79.9. The number of rotatable bonds is 4. The predicted octanol–water partition coefficient (Wildman–Crippen LogP) is 3.17. The quantitative estimate of drug-likeness (QED) is 0.938. The maximum absolute atomic E-state index is 11.8. The Hall–Kier alpha value is -1.14. The average Bonchev–Trinajstić information content (AvgIpc) is 2.89. The monoisotopic (exact) mass is 327 g/mol. The number of nitrogens with one attached hydrogen (secondary N) is 1. The molecule has 0 saturated carbocycles. The summed E-state index contributed by atoms with van der Waals surface area (Å²) in [4.78, 5) is 13.0. The van der Waals surface area contributed by atoms with Crippen molar-refractivity contribution in [2.45, 2.75) is 19.4 Å². The lowest BCUT2D eigenvalue weighted by atomic mass is 10.2. The molecule has 2 heterocycles. The second-order valence-corrected chi connectivity index (χ2v) is 5.69. The van der Waals surface area contributed by atoms with Gasteiger partial charge in [-0.25, -0.2) is 4.68 Å². The summed E-state index contributed by atoms with van der Waals surface area (Å²) in [5.74, 6) is 0. The van der Waals surface area contributed by atoms with E-state index in [4.69, 9.17) is 0 Å². The van der Waals surface area contributed by atoms with Gasteiger partial charge in [-0.2, -0.15) is 5.10 Å². The number of hydrogen-bond donors (Lipinski definition) is 1. The maximum atomic E-state index is 11.8. The van der Waals surface area contributed by atoms with Gasteiger partial charge in [0, 0.05) is 11.9 Å². The molecule has 6 heteroatoms. The zero-order chi connectivity index (χ0) is 13.1. The Kier molecular flexibility index (Phi) is 4.19. The van der Waals surface area contributed by atoms with Crippen LogP contribution in [0.3, 0.4) is 0 Å². The van der Waals surface area contributed by atoms with Crippen LogP contribution in [0.2, 0.25) is 0 Å². The summed E-state index contributed by atoms with van der Waals surface area (Å²) < 4.78 is 1.83. The van der Waals surface area contributed by atoms with Crippen LogP contribution in [0.1, 0.15) is 24.3 Å². The molecule has 0 aliphatic rings. The second kappa shape index (κ2) is 5.67. The first-order valence-corrected chi connectivity index (χ1v) is 7.32. The molecular formula is C12H14BrN3OS. The summed E-state index contributed by atoms with van der Waals surface area (Å²) in [6.45, 7) is 2.11. The van der Waals surface area contributed by atoms with Crippen molar-refractivity contribution >= 4 is 33.0 Å². The van der Waals surface area contributed by atoms with E-state index < -0.39 is 0 Å². The Morgan fingerprint density at radius 2 is 2.39 bits per heavy atom. The molecule has 2 aromatic heterocycles. The van der Waals surface area contributed by atoms with Crippen molar-refractivity contribution in [1.29, 1.82) is 0 Å². The summed E-state index contributed by atoms with van der Waals surface area (Å²) in [5, 5.41) is 9.43. The summed E-state index contributed by atoms with van der Waals surface area (Å²) in [6.07, 6.45) is 2.61. The molecule has 18 heavy (non-hydrogen) atoms. The average molecular weight is 328 g/mol. The van der Waals surface area contributed by atoms with Gasteiger partial charge in [0.05, 0.1) is 17.9 Å². The number of hydrogen-bond acceptors (Lipinski definition) is 4. The van der Waals surface area contributed by atoms with Crippen molar-refractivity contribution in [1.82, 2.24) is 9.78 Å². The molecular weight excluding hydrogens is 314 g/mol. The lowest BCUT2D eigenvalue weighted by molar-refractivity contribution is 0.696. The molecule has 0 aromatic carbocycles. The van der Waals surface area contributed by atoms with E-state index in [0.717, 1.165) is 12.1 Å². The van der Waals surface area contributed by atoms with Gasteiger partial charge in [-0.05, 0) is 33.8 Å². The molecule has 0 aliphatic carbocycles. The molecule has 2 aromatic rings. The smallest absolute Gasteiger partial charge is 0.282 e. The van der Waals surface area contributed by atoms with E-state index in [1.807, 2.05) is 6.07 Å². The number of nitrogens with zero attached hydrogens (tertiary/aromatic N) is 2. The Morgan fingerprint density at radius 1 is 1.61 bits per heavy atom. The first-order valence-electron chi connectivity index (χ1n) is 5.65. The molecule has 0 bridgehead atoms. The van der Waals surface area contributed by atoms with Crippen molar-refractivity contribution in [3.8, 4) is 0 Å². The highest BCUT2D eigenvalue weighted by Gasteiger charge is 2.13. The van der Waals surface area contributed by atoms with Crippen LogP contribution in [0, 0.1) is 0 Å². The fourth-order valence-electron chi connectivity index (χ4n) is 1.66. The van der Waals surface area contributed by atoms with Gasteiger partial charge in [0.25, 0.3) is 5.56 Å². The standard InChI is InChI=1S/C12H14BrN3OS/c1-3-8(10-5-4-6-18-10)15-9-7-14-16(2)12(17)11(9)13/h4-8,15H,3H2,1-2H3. The van der Waals surface area contributed by atoms with Crippen LogP contribution in [-0.2, 0) is 7.05 Å². The lowest BCUT2D eigenvalue weighted by Crippen LogP contribution is -2.22. The first-order chi connectivity index (χ1) is 8.63. The Bertz CT molecular complexity index is 580. The molecule has 1 unspecified atom stereocenters. The zero-order valence-corrected chi connectivity index (χ0v) is 12.6. The van der Waals surface area contributed by atoms with E-state index in [9.17, 15) is 4.79 Å². The van der Waals surface area contributed by atoms with E-state index in [-0.39, 0.29) is 11.6 Å². The van der Waals surface area contributed by atoms with Crippen molar-refractivity contribution in [2.24, 2.45) is 7.05 Å². The SMILES string of the molecule is CCC(Nc1cnn(C)c(=O)c1Br)c1cccs1. The molecule has 0 amide bonds.